The summed E-state index contributed by atoms with van der Waals surface area (Å²) >= 11 is 5.44. The number of benzene rings is 1. The highest BCUT2D eigenvalue weighted by Crippen LogP contribution is 2.35. The fourth-order valence-electron chi connectivity index (χ4n) is 1.72. The van der Waals surface area contributed by atoms with E-state index < -0.39 is 57.8 Å². The summed E-state index contributed by atoms with van der Waals surface area (Å²) in [5.74, 6) is -15.4. The van der Waals surface area contributed by atoms with Crippen LogP contribution in [0, 0.1) is 29.1 Å². The Kier molecular flexibility index (Phi) is 3.21. The molecular formula is C10H3ClF5NO2. The Labute approximate surface area is 107 Å². The molecule has 2 atom stereocenters. The fraction of sp³-hybridized carbons (Fsp3) is 0.200. The van der Waals surface area contributed by atoms with Crippen molar-refractivity contribution in [2.24, 2.45) is 0 Å². The predicted molar refractivity (Wildman–Crippen MR) is 51.8 cm³/mol. The molecule has 1 aliphatic rings. The van der Waals surface area contributed by atoms with Gasteiger partial charge in [-0.2, -0.15) is 0 Å². The largest absolute Gasteiger partial charge is 0.295 e. The molecule has 0 aromatic heterocycles. The van der Waals surface area contributed by atoms with Gasteiger partial charge < -0.3 is 0 Å². The minimum atomic E-state index is -2.35. The molecule has 2 amide bonds. The summed E-state index contributed by atoms with van der Waals surface area (Å²) in [6.07, 6.45) is 0. The first-order chi connectivity index (χ1) is 8.77. The van der Waals surface area contributed by atoms with Crippen molar-refractivity contribution in [3.05, 3.63) is 34.6 Å². The van der Waals surface area contributed by atoms with Crippen LogP contribution in [0.3, 0.4) is 0 Å². The van der Waals surface area contributed by atoms with Gasteiger partial charge in [0, 0.05) is 5.56 Å². The van der Waals surface area contributed by atoms with Gasteiger partial charge in [0.1, 0.15) is 5.38 Å². The molecule has 1 heterocycles. The third-order valence-corrected chi connectivity index (χ3v) is 3.08. The Morgan fingerprint density at radius 2 is 1.21 bits per heavy atom. The zero-order chi connectivity index (χ0) is 14.5. The zero-order valence-corrected chi connectivity index (χ0v) is 9.49. The van der Waals surface area contributed by atoms with E-state index in [0.717, 1.165) is 0 Å². The molecule has 0 bridgehead atoms. The average Bonchev–Trinajstić information content (AvgIpc) is 2.61. The van der Waals surface area contributed by atoms with Crippen molar-refractivity contribution in [3.63, 3.8) is 0 Å². The molecule has 1 aromatic carbocycles. The van der Waals surface area contributed by atoms with Gasteiger partial charge in [0.05, 0.1) is 5.92 Å². The highest BCUT2D eigenvalue weighted by Gasteiger charge is 2.46. The highest BCUT2D eigenvalue weighted by molar-refractivity contribution is 6.37. The molecule has 2 unspecified atom stereocenters. The SMILES string of the molecule is O=C1NC(=O)C(c2c(F)c(F)c(F)c(F)c2F)C1Cl. The lowest BCUT2D eigenvalue weighted by molar-refractivity contribution is -0.125. The maximum atomic E-state index is 13.5. The fourth-order valence-corrected chi connectivity index (χ4v) is 2.02. The van der Waals surface area contributed by atoms with Crippen molar-refractivity contribution in [2.75, 3.05) is 0 Å². The molecule has 1 N–H and O–H groups in total. The molecule has 3 nitrogen and oxygen atoms in total. The molecule has 2 rings (SSSR count). The molecule has 1 aliphatic heterocycles. The molecule has 0 spiro atoms. The predicted octanol–water partition coefficient (Wildman–Crippen LogP) is 1.73. The zero-order valence-electron chi connectivity index (χ0n) is 8.74. The number of carbonyl (C=O) groups is 2. The smallest absolute Gasteiger partial charge is 0.245 e. The van der Waals surface area contributed by atoms with Crippen LogP contribution in [-0.2, 0) is 9.59 Å². The first kappa shape index (κ1) is 13.7. The van der Waals surface area contributed by atoms with Gasteiger partial charge in [-0.3, -0.25) is 14.9 Å². The van der Waals surface area contributed by atoms with Gasteiger partial charge in [0.25, 0.3) is 0 Å². The summed E-state index contributed by atoms with van der Waals surface area (Å²) in [6, 6.07) is 0. The number of rotatable bonds is 1. The van der Waals surface area contributed by atoms with Crippen LogP contribution in [0.4, 0.5) is 22.0 Å². The van der Waals surface area contributed by atoms with Gasteiger partial charge in [0.2, 0.25) is 17.6 Å². The van der Waals surface area contributed by atoms with Crippen LogP contribution in [0.15, 0.2) is 0 Å². The van der Waals surface area contributed by atoms with Crippen molar-refractivity contribution in [2.45, 2.75) is 11.3 Å². The Morgan fingerprint density at radius 3 is 1.58 bits per heavy atom. The van der Waals surface area contributed by atoms with E-state index in [9.17, 15) is 31.5 Å². The van der Waals surface area contributed by atoms with E-state index in [2.05, 4.69) is 0 Å². The minimum Gasteiger partial charge on any atom is -0.295 e. The third kappa shape index (κ3) is 1.86. The maximum absolute atomic E-state index is 13.5. The van der Waals surface area contributed by atoms with Crippen LogP contribution >= 0.6 is 11.6 Å². The quantitative estimate of drug-likeness (QED) is 0.282. The number of hydrogen-bond donors (Lipinski definition) is 1. The molecule has 0 saturated carbocycles. The molecule has 0 radical (unpaired) electrons. The van der Waals surface area contributed by atoms with Gasteiger partial charge in [-0.05, 0) is 0 Å². The van der Waals surface area contributed by atoms with Crippen LogP contribution in [0.5, 0.6) is 0 Å². The molecule has 1 aromatic rings. The molecular weight excluding hydrogens is 297 g/mol. The van der Waals surface area contributed by atoms with Gasteiger partial charge in [0.15, 0.2) is 23.3 Å². The van der Waals surface area contributed by atoms with Gasteiger partial charge >= 0.3 is 0 Å². The number of halogens is 6. The molecule has 0 aliphatic carbocycles. The summed E-state index contributed by atoms with van der Waals surface area (Å²) in [6.45, 7) is 0. The van der Waals surface area contributed by atoms with Crippen molar-refractivity contribution in [3.8, 4) is 0 Å². The van der Waals surface area contributed by atoms with Gasteiger partial charge in [-0.25, -0.2) is 22.0 Å². The average molecular weight is 300 g/mol. The number of hydrogen-bond acceptors (Lipinski definition) is 2. The lowest BCUT2D eigenvalue weighted by Gasteiger charge is -2.13. The Bertz CT molecular complexity index is 577. The second-order valence-electron chi connectivity index (χ2n) is 3.72. The summed E-state index contributed by atoms with van der Waals surface area (Å²) in [5.41, 5.74) is -1.42. The van der Waals surface area contributed by atoms with Crippen LogP contribution in [0.1, 0.15) is 11.5 Å². The van der Waals surface area contributed by atoms with Crippen molar-refractivity contribution < 1.29 is 31.5 Å². The summed E-state index contributed by atoms with van der Waals surface area (Å²) < 4.78 is 65.7. The number of nitrogens with one attached hydrogen (secondary N) is 1. The number of amides is 2. The van der Waals surface area contributed by atoms with E-state index in [1.807, 2.05) is 0 Å². The Morgan fingerprint density at radius 1 is 0.789 bits per heavy atom. The Balaban J connectivity index is 2.70. The molecule has 102 valence electrons. The third-order valence-electron chi connectivity index (χ3n) is 2.63. The lowest BCUT2D eigenvalue weighted by atomic mass is 9.95. The second-order valence-corrected chi connectivity index (χ2v) is 4.19. The van der Waals surface area contributed by atoms with Gasteiger partial charge in [-0.15, -0.1) is 11.6 Å². The first-order valence-corrected chi connectivity index (χ1v) is 5.21. The normalized spacial score (nSPS) is 22.8. The van der Waals surface area contributed by atoms with Crippen molar-refractivity contribution in [1.29, 1.82) is 0 Å². The summed E-state index contributed by atoms with van der Waals surface area (Å²) in [5, 5.41) is -0.108. The summed E-state index contributed by atoms with van der Waals surface area (Å²) in [7, 11) is 0. The van der Waals surface area contributed by atoms with E-state index in [0.29, 0.717) is 0 Å². The van der Waals surface area contributed by atoms with E-state index in [1.165, 1.54) is 0 Å². The topological polar surface area (TPSA) is 46.2 Å². The summed E-state index contributed by atoms with van der Waals surface area (Å²) in [4.78, 5) is 22.4. The van der Waals surface area contributed by atoms with Gasteiger partial charge in [-0.1, -0.05) is 0 Å². The number of alkyl halides is 1. The van der Waals surface area contributed by atoms with Crippen LogP contribution in [0.25, 0.3) is 0 Å². The van der Waals surface area contributed by atoms with Crippen LogP contribution in [0.2, 0.25) is 0 Å². The monoisotopic (exact) mass is 299 g/mol. The molecule has 1 fully saturated rings. The van der Waals surface area contributed by atoms with Crippen molar-refractivity contribution in [1.82, 2.24) is 5.32 Å². The van der Waals surface area contributed by atoms with E-state index in [-0.39, 0.29) is 0 Å². The molecule has 9 heteroatoms. The standard InChI is InChI=1S/C10H3ClF5NO2/c11-3-1(9(18)17-10(3)19)2-4(12)6(14)8(16)7(15)5(2)13/h1,3H,(H,17,18,19). The lowest BCUT2D eigenvalue weighted by Crippen LogP contribution is -2.23. The first-order valence-electron chi connectivity index (χ1n) is 4.77. The van der Waals surface area contributed by atoms with Crippen LogP contribution in [-0.4, -0.2) is 17.2 Å². The highest BCUT2D eigenvalue weighted by atomic mass is 35.5. The maximum Gasteiger partial charge on any atom is 0.245 e. The number of carbonyl (C=O) groups excluding carboxylic acids is 2. The van der Waals surface area contributed by atoms with E-state index in [1.54, 1.807) is 5.32 Å². The van der Waals surface area contributed by atoms with E-state index in [4.69, 9.17) is 11.6 Å². The minimum absolute atomic E-state index is 1.07. The van der Waals surface area contributed by atoms with Crippen molar-refractivity contribution >= 4 is 23.4 Å². The second kappa shape index (κ2) is 4.44. The van der Waals surface area contributed by atoms with Crippen LogP contribution < -0.4 is 5.32 Å². The van der Waals surface area contributed by atoms with E-state index >= 15 is 0 Å². The molecule has 1 saturated heterocycles. The molecule has 19 heavy (non-hydrogen) atoms. The Hall–Kier alpha value is -1.70. The number of imide groups is 1.